The number of nitrogens with zero attached hydrogens (tertiary/aromatic N) is 7. The second-order valence-corrected chi connectivity index (χ2v) is 11.0. The number of fused-ring (bicyclic) bond motifs is 1. The van der Waals surface area contributed by atoms with Crippen molar-refractivity contribution in [3.8, 4) is 17.0 Å². The van der Waals surface area contributed by atoms with Crippen LogP contribution >= 0.6 is 11.6 Å². The molecule has 4 aromatic rings. The van der Waals surface area contributed by atoms with Crippen LogP contribution in [0.2, 0.25) is 5.02 Å². The number of anilines is 1. The summed E-state index contributed by atoms with van der Waals surface area (Å²) < 4.78 is 60.8. The fourth-order valence-electron chi connectivity index (χ4n) is 5.22. The van der Waals surface area contributed by atoms with Crippen LogP contribution in [0.3, 0.4) is 0 Å². The number of benzene rings is 1. The van der Waals surface area contributed by atoms with Gasteiger partial charge in [0.25, 0.3) is 11.8 Å². The van der Waals surface area contributed by atoms with Crippen LogP contribution in [0.4, 0.5) is 23.2 Å². The van der Waals surface area contributed by atoms with Crippen LogP contribution in [-0.4, -0.2) is 91.3 Å². The number of nitrogens with one attached hydrogen (secondary N) is 1. The quantitative estimate of drug-likeness (QED) is 0.252. The number of alkyl halides is 4. The third kappa shape index (κ3) is 7.27. The van der Waals surface area contributed by atoms with Crippen LogP contribution < -0.4 is 10.1 Å². The van der Waals surface area contributed by atoms with Crippen molar-refractivity contribution in [2.45, 2.75) is 44.9 Å². The number of halogens is 5. The lowest BCUT2D eigenvalue weighted by atomic mass is 10.0. The molecule has 0 bridgehead atoms. The number of rotatable bonds is 10. The van der Waals surface area contributed by atoms with Crippen molar-refractivity contribution < 1.29 is 31.9 Å². The maximum atomic E-state index is 13.5. The van der Waals surface area contributed by atoms with Gasteiger partial charge in [-0.2, -0.15) is 19.0 Å². The first-order chi connectivity index (χ1) is 20.9. The summed E-state index contributed by atoms with van der Waals surface area (Å²) in [4.78, 5) is 33.9. The molecule has 16 heteroatoms. The Hall–Kier alpha value is -4.24. The molecule has 4 heterocycles. The molecule has 1 aliphatic rings. The van der Waals surface area contributed by atoms with Crippen LogP contribution in [0.15, 0.2) is 49.1 Å². The molecule has 1 aliphatic heterocycles. The molecule has 0 saturated carbocycles. The van der Waals surface area contributed by atoms with E-state index in [0.29, 0.717) is 25.9 Å². The third-order valence-corrected chi connectivity index (χ3v) is 7.45. The minimum atomic E-state index is -3.15. The second kappa shape index (κ2) is 12.8. The summed E-state index contributed by atoms with van der Waals surface area (Å²) >= 11 is 6.18. The fourth-order valence-corrected chi connectivity index (χ4v) is 5.39. The molecule has 1 saturated heterocycles. The van der Waals surface area contributed by atoms with Crippen LogP contribution in [-0.2, 0) is 11.3 Å². The number of carbonyl (C=O) groups excluding carboxylic acids is 2. The van der Waals surface area contributed by atoms with E-state index >= 15 is 0 Å². The largest absolute Gasteiger partial charge is 0.434 e. The zero-order valence-corrected chi connectivity index (χ0v) is 24.5. The monoisotopic (exact) mass is 636 g/mol. The van der Waals surface area contributed by atoms with Crippen molar-refractivity contribution in [2.75, 3.05) is 32.0 Å². The highest BCUT2D eigenvalue weighted by Gasteiger charge is 2.31. The van der Waals surface area contributed by atoms with Crippen LogP contribution in [0.25, 0.3) is 16.9 Å². The second-order valence-electron chi connectivity index (χ2n) is 10.6. The van der Waals surface area contributed by atoms with Crippen LogP contribution in [0.5, 0.6) is 5.75 Å². The Kier molecular flexibility index (Phi) is 9.06. The van der Waals surface area contributed by atoms with Gasteiger partial charge >= 0.3 is 6.61 Å². The highest BCUT2D eigenvalue weighted by molar-refractivity contribution is 6.31. The molecule has 5 rings (SSSR count). The van der Waals surface area contributed by atoms with E-state index in [4.69, 9.17) is 11.6 Å². The molecule has 234 valence electrons. The molecule has 0 radical (unpaired) electrons. The SMILES string of the molecule is CN(CC(C)(F)F)C1CCN(C(=O)Cn2cc(NC(=O)c3cnn4cccnc34)c(-c3cc(Cl)ccc3OC(F)F)n2)CC1. The average molecular weight is 637 g/mol. The van der Waals surface area contributed by atoms with Gasteiger partial charge in [0.1, 0.15) is 23.6 Å². The molecular weight excluding hydrogens is 608 g/mol. The molecule has 3 aromatic heterocycles. The first-order valence-electron chi connectivity index (χ1n) is 13.7. The summed E-state index contributed by atoms with van der Waals surface area (Å²) in [5, 5.41) is 11.5. The van der Waals surface area contributed by atoms with Gasteiger partial charge in [-0.25, -0.2) is 18.3 Å². The van der Waals surface area contributed by atoms with E-state index in [2.05, 4.69) is 25.2 Å². The Bertz CT molecular complexity index is 1650. The van der Waals surface area contributed by atoms with Gasteiger partial charge in [0.15, 0.2) is 5.65 Å². The van der Waals surface area contributed by atoms with Gasteiger partial charge < -0.3 is 15.0 Å². The Balaban J connectivity index is 1.39. The summed E-state index contributed by atoms with van der Waals surface area (Å²) in [6, 6.07) is 5.55. The van der Waals surface area contributed by atoms with Crippen molar-refractivity contribution in [3.05, 3.63) is 59.6 Å². The zero-order chi connectivity index (χ0) is 31.6. The molecule has 0 spiro atoms. The van der Waals surface area contributed by atoms with Gasteiger partial charge in [0.05, 0.1) is 18.4 Å². The van der Waals surface area contributed by atoms with Gasteiger partial charge in [-0.3, -0.25) is 19.2 Å². The zero-order valence-electron chi connectivity index (χ0n) is 23.8. The maximum absolute atomic E-state index is 13.5. The maximum Gasteiger partial charge on any atom is 0.387 e. The molecule has 1 N–H and O–H groups in total. The minimum Gasteiger partial charge on any atom is -0.434 e. The molecule has 0 atom stereocenters. The highest BCUT2D eigenvalue weighted by atomic mass is 35.5. The number of piperidine rings is 1. The van der Waals surface area contributed by atoms with Gasteiger partial charge in [-0.15, -0.1) is 0 Å². The fraction of sp³-hybridized carbons (Fsp3) is 0.393. The Morgan fingerprint density at radius 3 is 2.70 bits per heavy atom. The number of carbonyl (C=O) groups is 2. The van der Waals surface area contributed by atoms with Crippen molar-refractivity contribution in [1.82, 2.24) is 34.2 Å². The van der Waals surface area contributed by atoms with Gasteiger partial charge in [-0.05, 0) is 44.2 Å². The topological polar surface area (TPSA) is 110 Å². The van der Waals surface area contributed by atoms with E-state index in [-0.39, 0.29) is 64.0 Å². The number of amides is 2. The number of likely N-dealkylation sites (tertiary alicyclic amines) is 1. The Morgan fingerprint density at radius 1 is 1.25 bits per heavy atom. The summed E-state index contributed by atoms with van der Waals surface area (Å²) in [6.45, 7) is -2.15. The van der Waals surface area contributed by atoms with E-state index < -0.39 is 18.4 Å². The molecule has 1 aromatic carbocycles. The molecule has 0 unspecified atom stereocenters. The predicted octanol–water partition coefficient (Wildman–Crippen LogP) is 4.68. The van der Waals surface area contributed by atoms with E-state index in [1.165, 1.54) is 46.0 Å². The first-order valence-corrected chi connectivity index (χ1v) is 14.0. The minimum absolute atomic E-state index is 0.0366. The normalized spacial score (nSPS) is 14.5. The molecule has 2 amide bonds. The molecule has 0 aliphatic carbocycles. The average Bonchev–Trinajstić information content (AvgIpc) is 3.57. The lowest BCUT2D eigenvalue weighted by Gasteiger charge is -2.37. The molecular formula is C28H29ClF4N8O3. The number of hydrogen-bond donors (Lipinski definition) is 1. The number of ether oxygens (including phenoxy) is 1. The summed E-state index contributed by atoms with van der Waals surface area (Å²) in [5.74, 6) is -3.95. The van der Waals surface area contributed by atoms with Crippen molar-refractivity contribution in [3.63, 3.8) is 0 Å². The smallest absolute Gasteiger partial charge is 0.387 e. The van der Waals surface area contributed by atoms with Gasteiger partial charge in [0.2, 0.25) is 5.91 Å². The summed E-state index contributed by atoms with van der Waals surface area (Å²) in [6.07, 6.45) is 6.90. The standard InChI is InChI=1S/C28H29ClF4N8O3/c1-28(32,33)16-38(2)18-6-10-39(11-7-18)23(42)15-40-14-21(36-26(43)20-13-35-41-9-3-8-34-25(20)41)24(37-40)19-12-17(29)4-5-22(19)44-27(30)31/h3-5,8-9,12-14,18,27H,6-7,10-11,15-16H2,1-2H3,(H,36,43). The number of aromatic nitrogens is 5. The highest BCUT2D eigenvalue weighted by Crippen LogP contribution is 2.37. The van der Waals surface area contributed by atoms with Crippen LogP contribution in [0.1, 0.15) is 30.1 Å². The van der Waals surface area contributed by atoms with E-state index in [0.717, 1.165) is 6.92 Å². The van der Waals surface area contributed by atoms with Crippen LogP contribution in [0, 0.1) is 0 Å². The lowest BCUT2D eigenvalue weighted by Crippen LogP contribution is -2.48. The lowest BCUT2D eigenvalue weighted by molar-refractivity contribution is -0.133. The summed E-state index contributed by atoms with van der Waals surface area (Å²) in [7, 11) is 1.64. The van der Waals surface area contributed by atoms with Gasteiger partial charge in [-0.1, -0.05) is 11.6 Å². The molecule has 1 fully saturated rings. The van der Waals surface area contributed by atoms with E-state index in [1.807, 2.05) is 0 Å². The van der Waals surface area contributed by atoms with Crippen molar-refractivity contribution in [2.24, 2.45) is 0 Å². The first kappa shape index (κ1) is 31.2. The Labute approximate surface area is 254 Å². The van der Waals surface area contributed by atoms with Crippen molar-refractivity contribution >= 4 is 34.7 Å². The van der Waals surface area contributed by atoms with E-state index in [9.17, 15) is 27.2 Å². The van der Waals surface area contributed by atoms with Crippen molar-refractivity contribution in [1.29, 1.82) is 0 Å². The third-order valence-electron chi connectivity index (χ3n) is 7.21. The van der Waals surface area contributed by atoms with E-state index in [1.54, 1.807) is 29.1 Å². The summed E-state index contributed by atoms with van der Waals surface area (Å²) in [5.41, 5.74) is 0.628. The Morgan fingerprint density at radius 2 is 2.00 bits per heavy atom. The molecule has 44 heavy (non-hydrogen) atoms. The molecule has 11 nitrogen and oxygen atoms in total. The van der Waals surface area contributed by atoms with Gasteiger partial charge in [0, 0.05) is 55.2 Å². The predicted molar refractivity (Wildman–Crippen MR) is 153 cm³/mol. The number of hydrogen-bond acceptors (Lipinski definition) is 7.